The lowest BCUT2D eigenvalue weighted by Gasteiger charge is -2.06. The Morgan fingerprint density at radius 3 is 2.59 bits per heavy atom. The number of amides is 1. The Labute approximate surface area is 133 Å². The predicted octanol–water partition coefficient (Wildman–Crippen LogP) is 3.71. The Bertz CT molecular complexity index is 722. The number of anilines is 1. The van der Waals surface area contributed by atoms with E-state index in [0.29, 0.717) is 33.2 Å². The van der Waals surface area contributed by atoms with Gasteiger partial charge in [-0.05, 0) is 38.5 Å². The van der Waals surface area contributed by atoms with Crippen LogP contribution in [-0.2, 0) is 4.74 Å². The Kier molecular flexibility index (Phi) is 4.88. The quantitative estimate of drug-likeness (QED) is 0.843. The third-order valence-corrected chi connectivity index (χ3v) is 3.60. The maximum atomic E-state index is 12.4. The van der Waals surface area contributed by atoms with Crippen molar-refractivity contribution in [3.8, 4) is 0 Å². The highest BCUT2D eigenvalue weighted by Gasteiger charge is 2.23. The lowest BCUT2D eigenvalue weighted by Crippen LogP contribution is -2.14. The van der Waals surface area contributed by atoms with Crippen LogP contribution in [0.1, 0.15) is 39.0 Å². The van der Waals surface area contributed by atoms with Gasteiger partial charge in [0.15, 0.2) is 0 Å². The van der Waals surface area contributed by atoms with Crippen LogP contribution in [0.2, 0.25) is 5.02 Å². The molecule has 2 rings (SSSR count). The van der Waals surface area contributed by atoms with E-state index in [-0.39, 0.29) is 12.5 Å². The van der Waals surface area contributed by atoms with E-state index in [2.05, 4.69) is 10.3 Å². The van der Waals surface area contributed by atoms with Crippen molar-refractivity contribution in [3.05, 3.63) is 51.8 Å². The number of rotatable bonds is 4. The van der Waals surface area contributed by atoms with Gasteiger partial charge >= 0.3 is 5.97 Å². The normalized spacial score (nSPS) is 10.4. The Morgan fingerprint density at radius 2 is 1.95 bits per heavy atom. The summed E-state index contributed by atoms with van der Waals surface area (Å²) < 4.78 is 5.01. The van der Waals surface area contributed by atoms with Gasteiger partial charge in [0.1, 0.15) is 5.69 Å². The molecule has 1 amide bonds. The van der Waals surface area contributed by atoms with E-state index in [4.69, 9.17) is 16.3 Å². The lowest BCUT2D eigenvalue weighted by atomic mass is 10.1. The smallest absolute Gasteiger partial charge is 0.340 e. The number of hydrogen-bond acceptors (Lipinski definition) is 3. The molecule has 2 N–H and O–H groups in total. The molecule has 0 bridgehead atoms. The van der Waals surface area contributed by atoms with Gasteiger partial charge in [-0.1, -0.05) is 23.7 Å². The second kappa shape index (κ2) is 6.66. The highest BCUT2D eigenvalue weighted by atomic mass is 35.5. The van der Waals surface area contributed by atoms with Crippen LogP contribution in [-0.4, -0.2) is 23.5 Å². The average Bonchev–Trinajstić information content (AvgIpc) is 2.77. The fourth-order valence-electron chi connectivity index (χ4n) is 2.23. The zero-order valence-electron chi connectivity index (χ0n) is 12.6. The molecule has 0 radical (unpaired) electrons. The highest BCUT2D eigenvalue weighted by Crippen LogP contribution is 2.23. The minimum atomic E-state index is -0.439. The van der Waals surface area contributed by atoms with Gasteiger partial charge in [-0.25, -0.2) is 4.79 Å². The van der Waals surface area contributed by atoms with Crippen molar-refractivity contribution in [2.75, 3.05) is 11.9 Å². The number of halogens is 1. The molecule has 0 atom stereocenters. The second-order valence-electron chi connectivity index (χ2n) is 4.78. The molecule has 1 aromatic heterocycles. The van der Waals surface area contributed by atoms with E-state index in [1.54, 1.807) is 45.0 Å². The van der Waals surface area contributed by atoms with Gasteiger partial charge in [0, 0.05) is 5.69 Å². The van der Waals surface area contributed by atoms with E-state index < -0.39 is 5.97 Å². The van der Waals surface area contributed by atoms with Gasteiger partial charge in [-0.15, -0.1) is 0 Å². The molecule has 22 heavy (non-hydrogen) atoms. The van der Waals surface area contributed by atoms with Crippen molar-refractivity contribution in [3.63, 3.8) is 0 Å². The van der Waals surface area contributed by atoms with E-state index in [1.165, 1.54) is 0 Å². The van der Waals surface area contributed by atoms with Gasteiger partial charge in [0.25, 0.3) is 5.91 Å². The Morgan fingerprint density at radius 1 is 1.27 bits per heavy atom. The third kappa shape index (κ3) is 3.14. The van der Waals surface area contributed by atoms with Crippen LogP contribution < -0.4 is 5.32 Å². The van der Waals surface area contributed by atoms with Crippen molar-refractivity contribution in [1.29, 1.82) is 0 Å². The SMILES string of the molecule is CCOC(=O)c1c(C)[nH]c(C(=O)Nc2ccccc2Cl)c1C. The number of benzene rings is 1. The first-order chi connectivity index (χ1) is 10.5. The summed E-state index contributed by atoms with van der Waals surface area (Å²) in [5.74, 6) is -0.796. The molecular weight excluding hydrogens is 304 g/mol. The first-order valence-electron chi connectivity index (χ1n) is 6.87. The van der Waals surface area contributed by atoms with Crippen LogP contribution in [0.4, 0.5) is 5.69 Å². The van der Waals surface area contributed by atoms with Crippen molar-refractivity contribution in [1.82, 2.24) is 4.98 Å². The summed E-state index contributed by atoms with van der Waals surface area (Å²) in [7, 11) is 0. The van der Waals surface area contributed by atoms with Crippen LogP contribution in [0, 0.1) is 13.8 Å². The number of aromatic amines is 1. The molecule has 6 heteroatoms. The molecule has 0 spiro atoms. The molecule has 5 nitrogen and oxygen atoms in total. The Balaban J connectivity index is 2.30. The summed E-state index contributed by atoms with van der Waals surface area (Å²) in [5, 5.41) is 3.17. The average molecular weight is 321 g/mol. The summed E-state index contributed by atoms with van der Waals surface area (Å²) in [5.41, 5.74) is 2.38. The number of esters is 1. The maximum Gasteiger partial charge on any atom is 0.340 e. The highest BCUT2D eigenvalue weighted by molar-refractivity contribution is 6.33. The van der Waals surface area contributed by atoms with Crippen LogP contribution in [0.25, 0.3) is 0 Å². The summed E-state index contributed by atoms with van der Waals surface area (Å²) in [6.07, 6.45) is 0. The molecule has 0 saturated carbocycles. The summed E-state index contributed by atoms with van der Waals surface area (Å²) in [6.45, 7) is 5.45. The molecule has 0 aliphatic carbocycles. The number of ether oxygens (including phenoxy) is 1. The number of nitrogens with one attached hydrogen (secondary N) is 2. The van der Waals surface area contributed by atoms with Crippen molar-refractivity contribution < 1.29 is 14.3 Å². The second-order valence-corrected chi connectivity index (χ2v) is 5.19. The molecule has 0 fully saturated rings. The van der Waals surface area contributed by atoms with Crippen LogP contribution in [0.5, 0.6) is 0 Å². The molecule has 2 aromatic rings. The van der Waals surface area contributed by atoms with Gasteiger partial charge in [0.05, 0.1) is 22.9 Å². The Hall–Kier alpha value is -2.27. The molecular formula is C16H17ClN2O3. The minimum Gasteiger partial charge on any atom is -0.462 e. The molecule has 0 aliphatic rings. The topological polar surface area (TPSA) is 71.2 Å². The largest absolute Gasteiger partial charge is 0.462 e. The van der Waals surface area contributed by atoms with Crippen LogP contribution >= 0.6 is 11.6 Å². The monoisotopic (exact) mass is 320 g/mol. The summed E-state index contributed by atoms with van der Waals surface area (Å²) in [6, 6.07) is 6.95. The van der Waals surface area contributed by atoms with E-state index in [0.717, 1.165) is 0 Å². The van der Waals surface area contributed by atoms with Crippen LogP contribution in [0.3, 0.4) is 0 Å². The lowest BCUT2D eigenvalue weighted by molar-refractivity contribution is 0.0525. The number of para-hydroxylation sites is 1. The van der Waals surface area contributed by atoms with Crippen LogP contribution in [0.15, 0.2) is 24.3 Å². The van der Waals surface area contributed by atoms with Gasteiger partial charge in [0.2, 0.25) is 0 Å². The first kappa shape index (κ1) is 16.1. The fourth-order valence-corrected chi connectivity index (χ4v) is 2.42. The van der Waals surface area contributed by atoms with Gasteiger partial charge in [-0.3, -0.25) is 4.79 Å². The predicted molar refractivity (Wildman–Crippen MR) is 85.6 cm³/mol. The zero-order valence-corrected chi connectivity index (χ0v) is 13.4. The minimum absolute atomic E-state index is 0.282. The third-order valence-electron chi connectivity index (χ3n) is 3.27. The summed E-state index contributed by atoms with van der Waals surface area (Å²) >= 11 is 6.02. The van der Waals surface area contributed by atoms with Crippen molar-refractivity contribution in [2.24, 2.45) is 0 Å². The molecule has 0 aliphatic heterocycles. The number of H-pyrrole nitrogens is 1. The number of carbonyl (C=O) groups excluding carboxylic acids is 2. The number of hydrogen-bond donors (Lipinski definition) is 2. The van der Waals surface area contributed by atoms with Gasteiger partial charge in [-0.2, -0.15) is 0 Å². The molecule has 1 heterocycles. The maximum absolute atomic E-state index is 12.4. The van der Waals surface area contributed by atoms with Crippen molar-refractivity contribution in [2.45, 2.75) is 20.8 Å². The standard InChI is InChI=1S/C16H17ClN2O3/c1-4-22-16(21)13-9(2)14(18-10(13)3)15(20)19-12-8-6-5-7-11(12)17/h5-8,18H,4H2,1-3H3,(H,19,20). The zero-order chi connectivity index (χ0) is 16.3. The van der Waals surface area contributed by atoms with E-state index in [1.807, 2.05) is 0 Å². The molecule has 116 valence electrons. The van der Waals surface area contributed by atoms with E-state index in [9.17, 15) is 9.59 Å². The summed E-state index contributed by atoms with van der Waals surface area (Å²) in [4.78, 5) is 27.3. The number of aromatic nitrogens is 1. The van der Waals surface area contributed by atoms with Gasteiger partial charge < -0.3 is 15.0 Å². The first-order valence-corrected chi connectivity index (χ1v) is 7.25. The molecule has 0 unspecified atom stereocenters. The van der Waals surface area contributed by atoms with E-state index >= 15 is 0 Å². The number of aryl methyl sites for hydroxylation is 1. The van der Waals surface area contributed by atoms with Crippen molar-refractivity contribution >= 4 is 29.2 Å². The molecule has 0 saturated heterocycles. The number of carbonyl (C=O) groups is 2. The molecule has 1 aromatic carbocycles. The fraction of sp³-hybridized carbons (Fsp3) is 0.250.